The first-order valence-electron chi connectivity index (χ1n) is 9.69. The lowest BCUT2D eigenvalue weighted by molar-refractivity contribution is 0.0934. The first-order valence-corrected chi connectivity index (χ1v) is 14.0. The van der Waals surface area contributed by atoms with Gasteiger partial charge in [-0.15, -0.1) is 11.8 Å². The van der Waals surface area contributed by atoms with Gasteiger partial charge in [0.1, 0.15) is 5.82 Å². The molecule has 11 heteroatoms. The molecule has 2 aromatic rings. The number of sulfone groups is 1. The van der Waals surface area contributed by atoms with Gasteiger partial charge in [-0.25, -0.2) is 25.9 Å². The van der Waals surface area contributed by atoms with E-state index in [1.807, 2.05) is 0 Å². The molecule has 2 aliphatic heterocycles. The molecule has 7 nitrogen and oxygen atoms in total. The van der Waals surface area contributed by atoms with Crippen molar-refractivity contribution >= 4 is 37.5 Å². The Kier molecular flexibility index (Phi) is 6.12. The zero-order valence-electron chi connectivity index (χ0n) is 16.4. The number of fused-ring (bicyclic) bond motifs is 1. The van der Waals surface area contributed by atoms with Crippen molar-refractivity contribution in [2.45, 2.75) is 34.7 Å². The van der Waals surface area contributed by atoms with Crippen molar-refractivity contribution in [2.24, 2.45) is 0 Å². The zero-order valence-corrected chi connectivity index (χ0v) is 18.8. The molecule has 4 rings (SSSR count). The van der Waals surface area contributed by atoms with Gasteiger partial charge in [0.25, 0.3) is 5.91 Å². The highest BCUT2D eigenvalue weighted by molar-refractivity contribution is 7.99. The molecule has 1 amide bonds. The standard InChI is InChI=1S/C20H21FN2O5S3/c21-17-3-1-2-16-18(8-10-29-19(16)17)22-20(24)13-4-6-15(7-5-13)31(27,28)23-14-9-11-30(25,26)12-14/h1-7,14,18,23H,8-12H2,(H,22,24)/t14-,18-/m1/s1. The number of hydrogen-bond donors (Lipinski definition) is 2. The Balaban J connectivity index is 1.45. The molecule has 0 bridgehead atoms. The van der Waals surface area contributed by atoms with Crippen LogP contribution in [-0.4, -0.2) is 46.0 Å². The smallest absolute Gasteiger partial charge is 0.251 e. The van der Waals surface area contributed by atoms with E-state index in [1.165, 1.54) is 42.1 Å². The van der Waals surface area contributed by atoms with E-state index in [0.717, 1.165) is 5.56 Å². The number of nitrogens with one attached hydrogen (secondary N) is 2. The monoisotopic (exact) mass is 484 g/mol. The molecule has 0 unspecified atom stereocenters. The second-order valence-corrected chi connectivity index (χ2v) is 12.6. The summed E-state index contributed by atoms with van der Waals surface area (Å²) in [6, 6.07) is 9.25. The first kappa shape index (κ1) is 22.3. The lowest BCUT2D eigenvalue weighted by Gasteiger charge is -2.26. The number of halogens is 1. The summed E-state index contributed by atoms with van der Waals surface area (Å²) in [5.41, 5.74) is 1.01. The Morgan fingerprint density at radius 2 is 1.84 bits per heavy atom. The summed E-state index contributed by atoms with van der Waals surface area (Å²) in [4.78, 5) is 13.2. The largest absolute Gasteiger partial charge is 0.345 e. The van der Waals surface area contributed by atoms with Crippen molar-refractivity contribution in [1.29, 1.82) is 0 Å². The van der Waals surface area contributed by atoms with Crippen LogP contribution in [0.2, 0.25) is 0 Å². The zero-order chi connectivity index (χ0) is 22.2. The highest BCUT2D eigenvalue weighted by atomic mass is 32.2. The van der Waals surface area contributed by atoms with Crippen LogP contribution < -0.4 is 10.0 Å². The molecule has 2 N–H and O–H groups in total. The van der Waals surface area contributed by atoms with Crippen LogP contribution >= 0.6 is 11.8 Å². The normalized spacial score (nSPS) is 22.6. The van der Waals surface area contributed by atoms with Crippen LogP contribution in [0.4, 0.5) is 4.39 Å². The van der Waals surface area contributed by atoms with Crippen molar-refractivity contribution in [3.63, 3.8) is 0 Å². The van der Waals surface area contributed by atoms with Crippen LogP contribution in [0.5, 0.6) is 0 Å². The van der Waals surface area contributed by atoms with Crippen LogP contribution in [0.1, 0.15) is 34.8 Å². The molecule has 1 saturated heterocycles. The molecular weight excluding hydrogens is 463 g/mol. The van der Waals surface area contributed by atoms with Gasteiger partial charge in [-0.05, 0) is 48.7 Å². The second kappa shape index (κ2) is 8.53. The number of thioether (sulfide) groups is 1. The maximum atomic E-state index is 14.0. The number of carbonyl (C=O) groups is 1. The fourth-order valence-electron chi connectivity index (χ4n) is 3.74. The highest BCUT2D eigenvalue weighted by Gasteiger charge is 2.31. The van der Waals surface area contributed by atoms with Gasteiger partial charge in [0.15, 0.2) is 9.84 Å². The Morgan fingerprint density at radius 1 is 1.10 bits per heavy atom. The number of sulfonamides is 1. The molecule has 2 atom stereocenters. The van der Waals surface area contributed by atoms with Gasteiger partial charge in [-0.2, -0.15) is 0 Å². The van der Waals surface area contributed by atoms with E-state index in [0.29, 0.717) is 17.1 Å². The van der Waals surface area contributed by atoms with E-state index in [2.05, 4.69) is 10.0 Å². The van der Waals surface area contributed by atoms with Gasteiger partial charge < -0.3 is 5.32 Å². The summed E-state index contributed by atoms with van der Waals surface area (Å²) in [6.45, 7) is 0. The van der Waals surface area contributed by atoms with E-state index in [4.69, 9.17) is 0 Å². The third-order valence-corrected chi connectivity index (χ3v) is 9.78. The van der Waals surface area contributed by atoms with E-state index in [-0.39, 0.29) is 46.2 Å². The molecule has 0 aliphatic carbocycles. The molecule has 0 aromatic heterocycles. The van der Waals surface area contributed by atoms with Crippen LogP contribution in [0.15, 0.2) is 52.3 Å². The molecule has 2 aliphatic rings. The lowest BCUT2D eigenvalue weighted by Crippen LogP contribution is -2.35. The second-order valence-electron chi connectivity index (χ2n) is 7.57. The number of carbonyl (C=O) groups excluding carboxylic acids is 1. The predicted molar refractivity (Wildman–Crippen MR) is 116 cm³/mol. The summed E-state index contributed by atoms with van der Waals surface area (Å²) < 4.78 is 64.6. The van der Waals surface area contributed by atoms with Crippen LogP contribution in [0.3, 0.4) is 0 Å². The maximum absolute atomic E-state index is 14.0. The molecule has 0 spiro atoms. The van der Waals surface area contributed by atoms with Gasteiger partial charge >= 0.3 is 0 Å². The number of rotatable bonds is 5. The summed E-state index contributed by atoms with van der Waals surface area (Å²) in [6.07, 6.45) is 0.900. The average Bonchev–Trinajstić information content (AvgIpc) is 3.06. The molecule has 31 heavy (non-hydrogen) atoms. The summed E-state index contributed by atoms with van der Waals surface area (Å²) in [7, 11) is -7.11. The summed E-state index contributed by atoms with van der Waals surface area (Å²) >= 11 is 1.42. The quantitative estimate of drug-likeness (QED) is 0.674. The van der Waals surface area contributed by atoms with Crippen LogP contribution in [0.25, 0.3) is 0 Å². The van der Waals surface area contributed by atoms with Gasteiger partial charge in [0.05, 0.1) is 22.4 Å². The minimum atomic E-state index is -3.90. The Bertz CT molecular complexity index is 1210. The maximum Gasteiger partial charge on any atom is 0.251 e. The fourth-order valence-corrected chi connectivity index (χ4v) is 7.93. The van der Waals surface area contributed by atoms with Gasteiger partial charge in [0, 0.05) is 22.3 Å². The molecule has 0 saturated carbocycles. The minimum Gasteiger partial charge on any atom is -0.345 e. The van der Waals surface area contributed by atoms with Crippen molar-refractivity contribution in [1.82, 2.24) is 10.0 Å². The average molecular weight is 485 g/mol. The SMILES string of the molecule is O=C(N[C@@H]1CCSc2c(F)cccc21)c1ccc(S(=O)(=O)N[C@@H]2CCS(=O)(=O)C2)cc1. The van der Waals surface area contributed by atoms with Gasteiger partial charge in [0.2, 0.25) is 10.0 Å². The van der Waals surface area contributed by atoms with Gasteiger partial charge in [-0.1, -0.05) is 12.1 Å². The summed E-state index contributed by atoms with van der Waals surface area (Å²) in [5.74, 6) is -0.261. The van der Waals surface area contributed by atoms with E-state index < -0.39 is 25.9 Å². The molecule has 166 valence electrons. The molecular formula is C20H21FN2O5S3. The Labute approximate surface area is 184 Å². The Hall–Kier alpha value is -1.95. The van der Waals surface area contributed by atoms with Crippen molar-refractivity contribution in [3.8, 4) is 0 Å². The van der Waals surface area contributed by atoms with Crippen molar-refractivity contribution < 1.29 is 26.0 Å². The minimum absolute atomic E-state index is 0.0357. The van der Waals surface area contributed by atoms with E-state index in [9.17, 15) is 26.0 Å². The highest BCUT2D eigenvalue weighted by Crippen LogP contribution is 2.37. The first-order chi connectivity index (χ1) is 14.6. The van der Waals surface area contributed by atoms with Gasteiger partial charge in [-0.3, -0.25) is 4.79 Å². The summed E-state index contributed by atoms with van der Waals surface area (Å²) in [5, 5.41) is 2.89. The van der Waals surface area contributed by atoms with Crippen LogP contribution in [-0.2, 0) is 19.9 Å². The van der Waals surface area contributed by atoms with Crippen molar-refractivity contribution in [2.75, 3.05) is 17.3 Å². The molecule has 0 radical (unpaired) electrons. The Morgan fingerprint density at radius 3 is 2.52 bits per heavy atom. The van der Waals surface area contributed by atoms with Crippen LogP contribution in [0, 0.1) is 5.82 Å². The molecule has 2 heterocycles. The third kappa shape index (κ3) is 4.94. The predicted octanol–water partition coefficient (Wildman–Crippen LogP) is 2.26. The molecule has 1 fully saturated rings. The fraction of sp³-hybridized carbons (Fsp3) is 0.350. The third-order valence-electron chi connectivity index (χ3n) is 5.31. The number of amides is 1. The van der Waals surface area contributed by atoms with E-state index in [1.54, 1.807) is 12.1 Å². The molecule has 2 aromatic carbocycles. The number of hydrogen-bond acceptors (Lipinski definition) is 6. The number of benzene rings is 2. The topological polar surface area (TPSA) is 109 Å². The van der Waals surface area contributed by atoms with Crippen molar-refractivity contribution in [3.05, 3.63) is 59.4 Å². The lowest BCUT2D eigenvalue weighted by atomic mass is 10.0. The van der Waals surface area contributed by atoms with E-state index >= 15 is 0 Å².